The monoisotopic (exact) mass is 620 g/mol. The van der Waals surface area contributed by atoms with Gasteiger partial charge in [0, 0.05) is 47.2 Å². The molecule has 2 N–H and O–H groups in total. The molecule has 1 aromatic heterocycles. The summed E-state index contributed by atoms with van der Waals surface area (Å²) in [6, 6.07) is 15.3. The van der Waals surface area contributed by atoms with E-state index in [1.165, 1.54) is 6.07 Å². The summed E-state index contributed by atoms with van der Waals surface area (Å²) in [5, 5.41) is 13.2. The molecule has 222 valence electrons. The van der Waals surface area contributed by atoms with Crippen molar-refractivity contribution in [3.8, 4) is 0 Å². The van der Waals surface area contributed by atoms with Crippen molar-refractivity contribution in [2.24, 2.45) is 5.92 Å². The SMILES string of the molecule is C.O=C(O)c1ccc2c(c1)nc1n2CC[C@H]2[C@@H]1[C@H](c1cccc(Cl)c1F)[C@]1(C(=O)Nc3cc(Cl)ccc31)N2CC1CCC1. The van der Waals surface area contributed by atoms with Crippen LogP contribution in [-0.2, 0) is 16.9 Å². The Balaban J connectivity index is 0.00000300. The lowest BCUT2D eigenvalue weighted by molar-refractivity contribution is -0.128. The number of likely N-dealkylation sites (tertiary alicyclic amines) is 1. The smallest absolute Gasteiger partial charge is 0.335 e. The van der Waals surface area contributed by atoms with Gasteiger partial charge in [-0.3, -0.25) is 9.69 Å². The molecule has 1 saturated heterocycles. The molecular formula is C33H31Cl2FN4O3. The highest BCUT2D eigenvalue weighted by atomic mass is 35.5. The van der Waals surface area contributed by atoms with Gasteiger partial charge >= 0.3 is 5.97 Å². The number of anilines is 1. The van der Waals surface area contributed by atoms with Crippen LogP contribution in [0, 0.1) is 11.7 Å². The fourth-order valence-corrected chi connectivity index (χ4v) is 8.46. The summed E-state index contributed by atoms with van der Waals surface area (Å²) in [6.45, 7) is 1.36. The number of carboxylic acids is 1. The molecule has 4 aliphatic rings. The molecule has 2 fully saturated rings. The summed E-state index contributed by atoms with van der Waals surface area (Å²) in [6.07, 6.45) is 4.07. The van der Waals surface area contributed by atoms with E-state index < -0.39 is 23.2 Å². The second kappa shape index (κ2) is 10.0. The molecule has 1 aliphatic carbocycles. The maximum absolute atomic E-state index is 16.2. The Kier molecular flexibility index (Phi) is 6.61. The van der Waals surface area contributed by atoms with E-state index in [0.29, 0.717) is 40.8 Å². The molecular weight excluding hydrogens is 590 g/mol. The van der Waals surface area contributed by atoms with Crippen LogP contribution in [-0.4, -0.2) is 44.0 Å². The number of carboxylic acid groups (broad SMARTS) is 1. The first kappa shape index (κ1) is 28.3. The van der Waals surface area contributed by atoms with E-state index in [9.17, 15) is 14.7 Å². The molecule has 0 radical (unpaired) electrons. The molecule has 1 spiro atoms. The van der Waals surface area contributed by atoms with Crippen LogP contribution in [0.1, 0.15) is 72.3 Å². The van der Waals surface area contributed by atoms with Gasteiger partial charge in [-0.1, -0.05) is 55.2 Å². The highest BCUT2D eigenvalue weighted by Crippen LogP contribution is 2.64. The average Bonchev–Trinajstić information content (AvgIpc) is 3.55. The summed E-state index contributed by atoms with van der Waals surface area (Å²) in [4.78, 5) is 33.7. The first-order valence-corrected chi connectivity index (χ1v) is 15.1. The van der Waals surface area contributed by atoms with Gasteiger partial charge in [0.05, 0.1) is 21.6 Å². The van der Waals surface area contributed by atoms with E-state index in [1.807, 2.05) is 6.07 Å². The average molecular weight is 622 g/mol. The molecule has 0 unspecified atom stereocenters. The Morgan fingerprint density at radius 3 is 2.67 bits per heavy atom. The third-order valence-corrected chi connectivity index (χ3v) is 10.6. The number of nitrogens with zero attached hydrogens (tertiary/aromatic N) is 3. The number of carbonyl (C=O) groups is 2. The van der Waals surface area contributed by atoms with Crippen LogP contribution in [0.25, 0.3) is 11.0 Å². The largest absolute Gasteiger partial charge is 0.478 e. The number of aromatic carboxylic acids is 1. The molecule has 10 heteroatoms. The molecule has 4 aromatic rings. The number of halogens is 3. The van der Waals surface area contributed by atoms with Gasteiger partial charge in [-0.2, -0.15) is 0 Å². The minimum atomic E-state index is -1.21. The van der Waals surface area contributed by atoms with Crippen LogP contribution in [0.5, 0.6) is 0 Å². The maximum atomic E-state index is 16.2. The zero-order valence-electron chi connectivity index (χ0n) is 22.5. The predicted octanol–water partition coefficient (Wildman–Crippen LogP) is 7.42. The Bertz CT molecular complexity index is 1820. The number of nitrogens with one attached hydrogen (secondary N) is 1. The molecule has 0 bridgehead atoms. The van der Waals surface area contributed by atoms with Gasteiger partial charge < -0.3 is 15.0 Å². The van der Waals surface area contributed by atoms with Crippen molar-refractivity contribution in [3.63, 3.8) is 0 Å². The summed E-state index contributed by atoms with van der Waals surface area (Å²) in [7, 11) is 0. The standard InChI is InChI=1S/C32H27Cl2FN4O3.CH4/c33-18-8-9-20-22(14-18)37-31(42)32(20)27(19-5-2-6-21(34)28(19)35)26-25(39(32)15-16-3-1-4-16)11-12-38-24-10-7-17(30(40)41)13-23(24)36-29(26)38;/h2,5-10,13-14,16,25-27H,1,3-4,11-12,15H2,(H,37,42)(H,40,41);1H4/t25-,26+,27-,32+;/m0./s1. The van der Waals surface area contributed by atoms with Gasteiger partial charge in [0.2, 0.25) is 5.91 Å². The number of hydrogen-bond acceptors (Lipinski definition) is 4. The van der Waals surface area contributed by atoms with Gasteiger partial charge in [0.1, 0.15) is 17.2 Å². The van der Waals surface area contributed by atoms with Crippen LogP contribution in [0.3, 0.4) is 0 Å². The first-order valence-electron chi connectivity index (χ1n) is 14.3. The molecule has 1 amide bonds. The number of fused-ring (bicyclic) bond motifs is 7. The van der Waals surface area contributed by atoms with Gasteiger partial charge in [-0.05, 0) is 67.1 Å². The van der Waals surface area contributed by atoms with Gasteiger partial charge in [0.25, 0.3) is 0 Å². The number of imidazole rings is 1. The predicted molar refractivity (Wildman–Crippen MR) is 165 cm³/mol. The third-order valence-electron chi connectivity index (χ3n) is 10.0. The molecule has 4 heterocycles. The van der Waals surface area contributed by atoms with Crippen molar-refractivity contribution in [3.05, 3.63) is 93.0 Å². The molecule has 8 rings (SSSR count). The lowest BCUT2D eigenvalue weighted by Gasteiger charge is -2.43. The van der Waals surface area contributed by atoms with Crippen molar-refractivity contribution in [2.45, 2.75) is 63.1 Å². The summed E-state index contributed by atoms with van der Waals surface area (Å²) >= 11 is 12.8. The second-order valence-corrected chi connectivity index (χ2v) is 12.8. The van der Waals surface area contributed by atoms with Crippen molar-refractivity contribution in [1.29, 1.82) is 0 Å². The zero-order valence-corrected chi connectivity index (χ0v) is 24.0. The fourth-order valence-electron chi connectivity index (χ4n) is 8.10. The number of aryl methyl sites for hydroxylation is 1. The highest BCUT2D eigenvalue weighted by Gasteiger charge is 2.68. The third kappa shape index (κ3) is 3.85. The van der Waals surface area contributed by atoms with Crippen molar-refractivity contribution in [1.82, 2.24) is 14.5 Å². The van der Waals surface area contributed by atoms with Crippen LogP contribution in [0.15, 0.2) is 54.6 Å². The number of amides is 1. The molecule has 43 heavy (non-hydrogen) atoms. The number of benzene rings is 3. The maximum Gasteiger partial charge on any atom is 0.335 e. The second-order valence-electron chi connectivity index (χ2n) is 12.0. The molecule has 1 saturated carbocycles. The minimum Gasteiger partial charge on any atom is -0.478 e. The Morgan fingerprint density at radius 1 is 1.12 bits per heavy atom. The van der Waals surface area contributed by atoms with Crippen molar-refractivity contribution >= 4 is 51.8 Å². The van der Waals surface area contributed by atoms with Crippen LogP contribution in [0.2, 0.25) is 10.0 Å². The van der Waals surface area contributed by atoms with E-state index in [2.05, 4.69) is 14.8 Å². The normalized spacial score (nSPS) is 26.0. The van der Waals surface area contributed by atoms with Crippen LogP contribution >= 0.6 is 23.2 Å². The Hall–Kier alpha value is -3.46. The van der Waals surface area contributed by atoms with E-state index >= 15 is 4.39 Å². The topological polar surface area (TPSA) is 87.5 Å². The number of aromatic nitrogens is 2. The molecule has 4 atom stereocenters. The van der Waals surface area contributed by atoms with E-state index in [0.717, 1.165) is 42.6 Å². The Morgan fingerprint density at radius 2 is 1.93 bits per heavy atom. The molecule has 3 aromatic carbocycles. The summed E-state index contributed by atoms with van der Waals surface area (Å²) in [5.74, 6) is -1.60. The van der Waals surface area contributed by atoms with E-state index in [4.69, 9.17) is 28.2 Å². The molecule has 3 aliphatic heterocycles. The fraction of sp³-hybridized carbons (Fsp3) is 0.364. The van der Waals surface area contributed by atoms with Crippen molar-refractivity contribution < 1.29 is 19.1 Å². The lowest BCUT2D eigenvalue weighted by atomic mass is 9.70. The number of carbonyl (C=O) groups excluding carboxylic acids is 1. The lowest BCUT2D eigenvalue weighted by Crippen LogP contribution is -2.54. The van der Waals surface area contributed by atoms with Gasteiger partial charge in [-0.15, -0.1) is 0 Å². The van der Waals surface area contributed by atoms with Crippen LogP contribution in [0.4, 0.5) is 10.1 Å². The summed E-state index contributed by atoms with van der Waals surface area (Å²) < 4.78 is 18.3. The molecule has 7 nitrogen and oxygen atoms in total. The number of hydrogen-bond donors (Lipinski definition) is 2. The Labute approximate surface area is 258 Å². The number of rotatable bonds is 4. The van der Waals surface area contributed by atoms with E-state index in [1.54, 1.807) is 42.5 Å². The van der Waals surface area contributed by atoms with Crippen LogP contribution < -0.4 is 5.32 Å². The first-order chi connectivity index (χ1) is 20.3. The quantitative estimate of drug-likeness (QED) is 0.248. The zero-order chi connectivity index (χ0) is 28.9. The van der Waals surface area contributed by atoms with Gasteiger partial charge in [-0.25, -0.2) is 14.2 Å². The highest BCUT2D eigenvalue weighted by molar-refractivity contribution is 6.31. The summed E-state index contributed by atoms with van der Waals surface area (Å²) in [5.41, 5.74) is 2.14. The minimum absolute atomic E-state index is 0. The van der Waals surface area contributed by atoms with Crippen molar-refractivity contribution in [2.75, 3.05) is 11.9 Å². The van der Waals surface area contributed by atoms with E-state index in [-0.39, 0.29) is 35.9 Å². The van der Waals surface area contributed by atoms with Gasteiger partial charge in [0.15, 0.2) is 0 Å².